The van der Waals surface area contributed by atoms with E-state index in [9.17, 15) is 13.8 Å². The first-order valence-electron chi connectivity index (χ1n) is 9.09. The summed E-state index contributed by atoms with van der Waals surface area (Å²) < 4.78 is 14.7. The number of anilines is 1. The van der Waals surface area contributed by atoms with Crippen molar-refractivity contribution in [1.29, 1.82) is 0 Å². The molecule has 7 heteroatoms. The molecule has 2 aromatic rings. The Balaban J connectivity index is 1.52. The molecule has 1 aliphatic heterocycles. The molecule has 28 heavy (non-hydrogen) atoms. The number of benzene rings is 2. The van der Waals surface area contributed by atoms with Gasteiger partial charge in [-0.05, 0) is 35.9 Å². The van der Waals surface area contributed by atoms with Crippen LogP contribution in [0, 0.1) is 0 Å². The summed E-state index contributed by atoms with van der Waals surface area (Å²) in [5, 5.41) is 2.66. The van der Waals surface area contributed by atoms with E-state index in [2.05, 4.69) is 11.9 Å². The average molecular weight is 398 g/mol. The van der Waals surface area contributed by atoms with Gasteiger partial charge in [-0.2, -0.15) is 0 Å². The van der Waals surface area contributed by atoms with Gasteiger partial charge in [-0.1, -0.05) is 36.9 Å². The molecule has 1 heterocycles. The number of nitrogens with zero attached hydrogens (tertiary/aromatic N) is 2. The summed E-state index contributed by atoms with van der Waals surface area (Å²) in [5.41, 5.74) is 1.63. The standard InChI is InChI=1S/C21H23N3O3S/c1-2-20(25)22-18-8-10-19(11-9-18)28(27)24-14-12-23(13-15-24)21(26)16-17-6-4-3-5-7-17/h2-11H,1,12-16H2,(H,22,25). The van der Waals surface area contributed by atoms with Gasteiger partial charge in [0, 0.05) is 31.9 Å². The molecule has 2 aromatic carbocycles. The Hall–Kier alpha value is -2.77. The maximum atomic E-state index is 12.8. The molecule has 1 saturated heterocycles. The van der Waals surface area contributed by atoms with E-state index >= 15 is 0 Å². The van der Waals surface area contributed by atoms with E-state index in [0.29, 0.717) is 43.2 Å². The molecule has 146 valence electrons. The zero-order valence-corrected chi connectivity index (χ0v) is 16.4. The molecule has 0 aromatic heterocycles. The number of piperazine rings is 1. The number of carbonyl (C=O) groups excluding carboxylic acids is 2. The van der Waals surface area contributed by atoms with Gasteiger partial charge in [0.15, 0.2) is 0 Å². The number of rotatable bonds is 6. The molecule has 1 unspecified atom stereocenters. The predicted molar refractivity (Wildman–Crippen MR) is 110 cm³/mol. The largest absolute Gasteiger partial charge is 0.340 e. The third kappa shape index (κ3) is 5.15. The highest BCUT2D eigenvalue weighted by Gasteiger charge is 2.25. The van der Waals surface area contributed by atoms with Crippen LogP contribution < -0.4 is 5.32 Å². The fraction of sp³-hybridized carbons (Fsp3) is 0.238. The average Bonchev–Trinajstić information content (AvgIpc) is 2.74. The van der Waals surface area contributed by atoms with Crippen molar-refractivity contribution in [2.75, 3.05) is 31.5 Å². The van der Waals surface area contributed by atoms with Gasteiger partial charge in [0.2, 0.25) is 11.8 Å². The minimum Gasteiger partial charge on any atom is -0.340 e. The minimum absolute atomic E-state index is 0.0962. The van der Waals surface area contributed by atoms with Gasteiger partial charge in [0.25, 0.3) is 0 Å². The molecule has 0 bridgehead atoms. The number of carbonyl (C=O) groups is 2. The molecule has 0 aliphatic carbocycles. The van der Waals surface area contributed by atoms with Gasteiger partial charge in [-0.25, -0.2) is 8.51 Å². The predicted octanol–water partition coefficient (Wildman–Crippen LogP) is 2.22. The van der Waals surface area contributed by atoms with Gasteiger partial charge in [0.1, 0.15) is 11.0 Å². The summed E-state index contributed by atoms with van der Waals surface area (Å²) in [6.07, 6.45) is 1.59. The third-order valence-corrected chi connectivity index (χ3v) is 6.04. The summed E-state index contributed by atoms with van der Waals surface area (Å²) in [7, 11) is -1.30. The fourth-order valence-electron chi connectivity index (χ4n) is 2.98. The highest BCUT2D eigenvalue weighted by atomic mass is 32.2. The summed E-state index contributed by atoms with van der Waals surface area (Å²) in [5.74, 6) is -0.191. The Labute approximate surface area is 167 Å². The van der Waals surface area contributed by atoms with E-state index in [0.717, 1.165) is 5.56 Å². The number of hydrogen-bond acceptors (Lipinski definition) is 3. The molecule has 0 saturated carbocycles. The van der Waals surface area contributed by atoms with Crippen molar-refractivity contribution in [3.8, 4) is 0 Å². The number of hydrogen-bond donors (Lipinski definition) is 1. The minimum atomic E-state index is -1.30. The molecular weight excluding hydrogens is 374 g/mol. The first kappa shape index (κ1) is 20.0. The van der Waals surface area contributed by atoms with Crippen LogP contribution in [-0.4, -0.2) is 51.4 Å². The Morgan fingerprint density at radius 1 is 1.00 bits per heavy atom. The van der Waals surface area contributed by atoms with Crippen molar-refractivity contribution in [2.45, 2.75) is 11.3 Å². The van der Waals surface area contributed by atoms with Crippen LogP contribution in [0.4, 0.5) is 5.69 Å². The van der Waals surface area contributed by atoms with Crippen molar-refractivity contribution in [3.05, 3.63) is 72.8 Å². The molecule has 1 fully saturated rings. The van der Waals surface area contributed by atoms with Crippen LogP contribution in [0.1, 0.15) is 5.56 Å². The third-order valence-electron chi connectivity index (χ3n) is 4.53. The molecule has 1 aliphatic rings. The summed E-state index contributed by atoms with van der Waals surface area (Å²) in [4.78, 5) is 26.3. The Bertz CT molecular complexity index is 860. The SMILES string of the molecule is C=CC(=O)Nc1ccc(S(=O)N2CCN(C(=O)Cc3ccccc3)CC2)cc1. The molecule has 1 atom stereocenters. The molecule has 3 rings (SSSR count). The second kappa shape index (κ2) is 9.43. The molecule has 0 spiro atoms. The van der Waals surface area contributed by atoms with Gasteiger partial charge < -0.3 is 10.2 Å². The van der Waals surface area contributed by atoms with Gasteiger partial charge >= 0.3 is 0 Å². The van der Waals surface area contributed by atoms with Crippen LogP contribution in [0.3, 0.4) is 0 Å². The molecule has 1 N–H and O–H groups in total. The lowest BCUT2D eigenvalue weighted by Gasteiger charge is -2.33. The van der Waals surface area contributed by atoms with Crippen LogP contribution in [0.25, 0.3) is 0 Å². The van der Waals surface area contributed by atoms with Crippen LogP contribution in [0.5, 0.6) is 0 Å². The Morgan fingerprint density at radius 2 is 1.64 bits per heavy atom. The quantitative estimate of drug-likeness (QED) is 0.760. The molecular formula is C21H23N3O3S. The fourth-order valence-corrected chi connectivity index (χ4v) is 4.14. The van der Waals surface area contributed by atoms with Gasteiger partial charge in [-0.15, -0.1) is 0 Å². The summed E-state index contributed by atoms with van der Waals surface area (Å²) in [6.45, 7) is 5.65. The van der Waals surface area contributed by atoms with Crippen molar-refractivity contribution >= 4 is 28.5 Å². The monoisotopic (exact) mass is 397 g/mol. The zero-order chi connectivity index (χ0) is 19.9. The highest BCUT2D eigenvalue weighted by Crippen LogP contribution is 2.17. The van der Waals surface area contributed by atoms with E-state index in [1.807, 2.05) is 39.5 Å². The smallest absolute Gasteiger partial charge is 0.247 e. The lowest BCUT2D eigenvalue weighted by atomic mass is 10.1. The lowest BCUT2D eigenvalue weighted by molar-refractivity contribution is -0.131. The first-order chi connectivity index (χ1) is 13.6. The van der Waals surface area contributed by atoms with Crippen LogP contribution in [0.15, 0.2) is 72.1 Å². The lowest BCUT2D eigenvalue weighted by Crippen LogP contribution is -2.49. The first-order valence-corrected chi connectivity index (χ1v) is 10.2. The molecule has 2 amide bonds. The highest BCUT2D eigenvalue weighted by molar-refractivity contribution is 7.82. The summed E-state index contributed by atoms with van der Waals surface area (Å²) >= 11 is 0. The van der Waals surface area contributed by atoms with Gasteiger partial charge in [0.05, 0.1) is 11.3 Å². The maximum absolute atomic E-state index is 12.8. The van der Waals surface area contributed by atoms with E-state index in [-0.39, 0.29) is 11.8 Å². The second-order valence-electron chi connectivity index (χ2n) is 6.44. The van der Waals surface area contributed by atoms with Crippen LogP contribution in [0.2, 0.25) is 0 Å². The Kier molecular flexibility index (Phi) is 6.73. The summed E-state index contributed by atoms with van der Waals surface area (Å²) in [6, 6.07) is 16.6. The maximum Gasteiger partial charge on any atom is 0.247 e. The van der Waals surface area contributed by atoms with Crippen molar-refractivity contribution in [1.82, 2.24) is 9.21 Å². The van der Waals surface area contributed by atoms with Crippen molar-refractivity contribution < 1.29 is 13.8 Å². The van der Waals surface area contributed by atoms with Gasteiger partial charge in [-0.3, -0.25) is 9.59 Å². The van der Waals surface area contributed by atoms with E-state index in [1.54, 1.807) is 24.3 Å². The van der Waals surface area contributed by atoms with Crippen LogP contribution >= 0.6 is 0 Å². The molecule has 6 nitrogen and oxygen atoms in total. The van der Waals surface area contributed by atoms with Crippen molar-refractivity contribution in [3.63, 3.8) is 0 Å². The number of amides is 2. The zero-order valence-electron chi connectivity index (χ0n) is 15.5. The van der Waals surface area contributed by atoms with Crippen LogP contribution in [-0.2, 0) is 27.0 Å². The number of nitrogens with one attached hydrogen (secondary N) is 1. The van der Waals surface area contributed by atoms with E-state index in [4.69, 9.17) is 0 Å². The molecule has 0 radical (unpaired) electrons. The van der Waals surface area contributed by atoms with E-state index < -0.39 is 11.0 Å². The van der Waals surface area contributed by atoms with E-state index in [1.165, 1.54) is 6.08 Å². The second-order valence-corrected chi connectivity index (χ2v) is 7.93. The Morgan fingerprint density at radius 3 is 2.25 bits per heavy atom. The topological polar surface area (TPSA) is 69.7 Å². The van der Waals surface area contributed by atoms with Crippen molar-refractivity contribution in [2.24, 2.45) is 0 Å². The normalized spacial score (nSPS) is 15.6.